The third kappa shape index (κ3) is 3.77. The van der Waals surface area contributed by atoms with Crippen molar-refractivity contribution in [3.63, 3.8) is 0 Å². The van der Waals surface area contributed by atoms with Crippen molar-refractivity contribution in [1.82, 2.24) is 0 Å². The number of benzene rings is 2. The number of halogens is 5. The third-order valence-electron chi connectivity index (χ3n) is 6.31. The monoisotopic (exact) mass is 503 g/mol. The molecule has 0 saturated carbocycles. The van der Waals surface area contributed by atoms with E-state index in [1.165, 1.54) is 12.1 Å². The van der Waals surface area contributed by atoms with Crippen LogP contribution in [0.1, 0.15) is 53.7 Å². The first-order valence-electron chi connectivity index (χ1n) is 10.1. The van der Waals surface area contributed by atoms with Gasteiger partial charge in [0.25, 0.3) is 5.91 Å². The molecule has 0 spiro atoms. The van der Waals surface area contributed by atoms with Crippen molar-refractivity contribution in [2.45, 2.75) is 44.0 Å². The summed E-state index contributed by atoms with van der Waals surface area (Å²) >= 11 is 12.3. The van der Waals surface area contributed by atoms with Gasteiger partial charge in [-0.2, -0.15) is 13.2 Å². The summed E-state index contributed by atoms with van der Waals surface area (Å²) in [5, 5.41) is 11.7. The van der Waals surface area contributed by atoms with Gasteiger partial charge in [-0.3, -0.25) is 9.59 Å². The maximum Gasteiger partial charge on any atom is 0.416 e. The lowest BCUT2D eigenvalue weighted by molar-refractivity contribution is -0.142. The van der Waals surface area contributed by atoms with Crippen LogP contribution in [0.15, 0.2) is 30.3 Å². The van der Waals surface area contributed by atoms with Crippen molar-refractivity contribution < 1.29 is 27.9 Å². The second-order valence-electron chi connectivity index (χ2n) is 7.89. The highest BCUT2D eigenvalue weighted by Crippen LogP contribution is 2.54. The molecule has 5 N–H and O–H groups in total. The maximum atomic E-state index is 14.2. The summed E-state index contributed by atoms with van der Waals surface area (Å²) in [5.74, 6) is -2.21. The average molecular weight is 504 g/mol. The largest absolute Gasteiger partial charge is 0.416 e. The van der Waals surface area contributed by atoms with Crippen LogP contribution in [0.5, 0.6) is 0 Å². The number of amides is 2. The van der Waals surface area contributed by atoms with E-state index >= 15 is 0 Å². The molecular weight excluding hydrogens is 482 g/mol. The van der Waals surface area contributed by atoms with E-state index in [0.717, 1.165) is 17.0 Å². The lowest BCUT2D eigenvalue weighted by Crippen LogP contribution is -2.57. The molecule has 1 unspecified atom stereocenters. The Morgan fingerprint density at radius 3 is 2.24 bits per heavy atom. The summed E-state index contributed by atoms with van der Waals surface area (Å²) in [7, 11) is 0. The van der Waals surface area contributed by atoms with Gasteiger partial charge < -0.3 is 21.5 Å². The first kappa shape index (κ1) is 25.3. The molecule has 2 aromatic carbocycles. The zero-order valence-corrected chi connectivity index (χ0v) is 19.3. The molecule has 0 aromatic heterocycles. The van der Waals surface area contributed by atoms with E-state index in [4.69, 9.17) is 34.7 Å². The van der Waals surface area contributed by atoms with E-state index < -0.39 is 45.8 Å². The predicted octanol–water partition coefficient (Wildman–Crippen LogP) is 4.21. The number of rotatable bonds is 6. The summed E-state index contributed by atoms with van der Waals surface area (Å²) in [6.45, 7) is 3.32. The topological polar surface area (TPSA) is 110 Å². The van der Waals surface area contributed by atoms with Crippen molar-refractivity contribution in [1.29, 1.82) is 0 Å². The van der Waals surface area contributed by atoms with Crippen LogP contribution in [0, 0.1) is 0 Å². The number of aliphatic hydroxyl groups is 1. The second-order valence-corrected chi connectivity index (χ2v) is 8.73. The van der Waals surface area contributed by atoms with Crippen LogP contribution in [-0.2, 0) is 16.6 Å². The number of fused-ring (bicyclic) bond motifs is 1. The van der Waals surface area contributed by atoms with E-state index in [1.807, 2.05) is 0 Å². The Balaban J connectivity index is 2.55. The quantitative estimate of drug-likeness (QED) is 0.548. The van der Waals surface area contributed by atoms with E-state index in [1.54, 1.807) is 13.8 Å². The third-order valence-corrected chi connectivity index (χ3v) is 6.88. The number of nitrogens with two attached hydrogens (primary N) is 2. The highest BCUT2D eigenvalue weighted by atomic mass is 35.5. The summed E-state index contributed by atoms with van der Waals surface area (Å²) in [6.07, 6.45) is -4.53. The molecule has 178 valence electrons. The zero-order chi connectivity index (χ0) is 24.9. The Bertz CT molecular complexity index is 1130. The molecule has 2 aromatic rings. The molecule has 1 aliphatic heterocycles. The van der Waals surface area contributed by atoms with E-state index in [9.17, 15) is 27.9 Å². The number of hydrogen-bond acceptors (Lipinski definition) is 4. The normalized spacial score (nSPS) is 18.6. The summed E-state index contributed by atoms with van der Waals surface area (Å²) in [6, 6.07) is 5.37. The summed E-state index contributed by atoms with van der Waals surface area (Å²) in [5.41, 5.74) is 4.05. The van der Waals surface area contributed by atoms with Gasteiger partial charge in [0.2, 0.25) is 5.91 Å². The number of hydrogen-bond donors (Lipinski definition) is 3. The SMILES string of the molecule is CCC(CC)(CN)N1C(=O)C(O)(c2cc(Cl)ccc2Cl)c2c1cc(C(N)=O)cc2C(F)(F)F. The van der Waals surface area contributed by atoms with Crippen molar-refractivity contribution in [3.05, 3.63) is 62.6 Å². The van der Waals surface area contributed by atoms with Gasteiger partial charge in [-0.05, 0) is 43.2 Å². The number of carbonyl (C=O) groups excluding carboxylic acids is 2. The van der Waals surface area contributed by atoms with Crippen molar-refractivity contribution in [2.75, 3.05) is 11.4 Å². The fourth-order valence-corrected chi connectivity index (χ4v) is 4.80. The van der Waals surface area contributed by atoms with Gasteiger partial charge >= 0.3 is 6.18 Å². The van der Waals surface area contributed by atoms with Crippen molar-refractivity contribution in [2.24, 2.45) is 11.5 Å². The van der Waals surface area contributed by atoms with Crippen LogP contribution in [0.2, 0.25) is 10.0 Å². The Kier molecular flexibility index (Phi) is 6.49. The molecule has 0 fully saturated rings. The second kappa shape index (κ2) is 8.47. The molecule has 11 heteroatoms. The molecule has 33 heavy (non-hydrogen) atoms. The number of nitrogens with zero attached hydrogens (tertiary/aromatic N) is 1. The molecule has 0 bridgehead atoms. The van der Waals surface area contributed by atoms with Gasteiger partial charge in [0.15, 0.2) is 5.60 Å². The van der Waals surface area contributed by atoms with Crippen LogP contribution in [0.3, 0.4) is 0 Å². The minimum absolute atomic E-state index is 0.0500. The molecule has 2 amide bonds. The van der Waals surface area contributed by atoms with E-state index in [0.29, 0.717) is 6.07 Å². The fraction of sp³-hybridized carbons (Fsp3) is 0.364. The molecule has 1 aliphatic rings. The van der Waals surface area contributed by atoms with Crippen LogP contribution in [0.25, 0.3) is 0 Å². The Morgan fingerprint density at radius 2 is 1.76 bits per heavy atom. The molecule has 1 heterocycles. The van der Waals surface area contributed by atoms with Gasteiger partial charge in [-0.1, -0.05) is 37.0 Å². The van der Waals surface area contributed by atoms with Crippen LogP contribution < -0.4 is 16.4 Å². The van der Waals surface area contributed by atoms with Crippen molar-refractivity contribution in [3.8, 4) is 0 Å². The lowest BCUT2D eigenvalue weighted by atomic mass is 9.83. The molecule has 1 atom stereocenters. The number of primary amides is 1. The highest BCUT2D eigenvalue weighted by molar-refractivity contribution is 6.34. The molecule has 0 radical (unpaired) electrons. The van der Waals surface area contributed by atoms with Gasteiger partial charge in [0.05, 0.1) is 16.8 Å². The number of anilines is 1. The van der Waals surface area contributed by atoms with E-state index in [2.05, 4.69) is 0 Å². The zero-order valence-electron chi connectivity index (χ0n) is 17.8. The Morgan fingerprint density at radius 1 is 1.15 bits per heavy atom. The Labute approximate surface area is 198 Å². The number of carbonyl (C=O) groups is 2. The van der Waals surface area contributed by atoms with Gasteiger partial charge in [0.1, 0.15) is 0 Å². The highest BCUT2D eigenvalue weighted by Gasteiger charge is 2.60. The minimum Gasteiger partial charge on any atom is -0.372 e. The lowest BCUT2D eigenvalue weighted by Gasteiger charge is -2.41. The van der Waals surface area contributed by atoms with Gasteiger partial charge in [-0.15, -0.1) is 0 Å². The molecule has 3 rings (SSSR count). The fourth-order valence-electron chi connectivity index (χ4n) is 4.37. The van der Waals surface area contributed by atoms with E-state index in [-0.39, 0.29) is 40.7 Å². The molecule has 0 saturated heterocycles. The van der Waals surface area contributed by atoms with Crippen LogP contribution in [-0.4, -0.2) is 29.0 Å². The number of alkyl halides is 3. The molecular formula is C22H22Cl2F3N3O3. The standard InChI is InChI=1S/C22H22Cl2F3N3O3/c1-3-20(4-2,10-28)30-16-8-11(18(29)31)7-14(22(25,26)27)17(16)21(33,19(30)32)13-9-12(23)5-6-15(13)24/h5-9,33H,3-4,10,28H2,1-2H3,(H2,29,31). The van der Waals surface area contributed by atoms with Gasteiger partial charge in [-0.25, -0.2) is 0 Å². The first-order chi connectivity index (χ1) is 15.3. The molecule has 0 aliphatic carbocycles. The summed E-state index contributed by atoms with van der Waals surface area (Å²) in [4.78, 5) is 26.8. The summed E-state index contributed by atoms with van der Waals surface area (Å²) < 4.78 is 42.7. The Hall–Kier alpha value is -2.33. The molecule has 6 nitrogen and oxygen atoms in total. The van der Waals surface area contributed by atoms with Crippen LogP contribution in [0.4, 0.5) is 18.9 Å². The average Bonchev–Trinajstić information content (AvgIpc) is 2.99. The maximum absolute atomic E-state index is 14.2. The van der Waals surface area contributed by atoms with Gasteiger partial charge in [0, 0.05) is 33.3 Å². The van der Waals surface area contributed by atoms with Crippen LogP contribution >= 0.6 is 23.2 Å². The van der Waals surface area contributed by atoms with Crippen molar-refractivity contribution >= 4 is 40.7 Å². The minimum atomic E-state index is -5.05. The first-order valence-corrected chi connectivity index (χ1v) is 10.8. The smallest absolute Gasteiger partial charge is 0.372 e. The predicted molar refractivity (Wildman–Crippen MR) is 119 cm³/mol.